The van der Waals surface area contributed by atoms with E-state index in [-0.39, 0.29) is 17.9 Å². The molecule has 5 heteroatoms. The van der Waals surface area contributed by atoms with E-state index in [1.165, 1.54) is 37.7 Å². The molecule has 2 aliphatic rings. The second-order valence-corrected chi connectivity index (χ2v) is 8.66. The van der Waals surface area contributed by atoms with Crippen LogP contribution in [0.15, 0.2) is 48.5 Å². The van der Waals surface area contributed by atoms with Gasteiger partial charge in [-0.15, -0.1) is 0 Å². The van der Waals surface area contributed by atoms with E-state index in [1.807, 2.05) is 6.07 Å². The van der Waals surface area contributed by atoms with Gasteiger partial charge in [-0.2, -0.15) is 0 Å². The van der Waals surface area contributed by atoms with Crippen LogP contribution in [0.25, 0.3) is 0 Å². The van der Waals surface area contributed by atoms with Gasteiger partial charge in [0.05, 0.1) is 17.9 Å². The zero-order chi connectivity index (χ0) is 20.8. The molecule has 1 aliphatic heterocycles. The first-order chi connectivity index (χ1) is 14.7. The Morgan fingerprint density at radius 3 is 2.43 bits per heavy atom. The number of carboxylic acids is 1. The molecule has 1 saturated carbocycles. The lowest BCUT2D eigenvalue weighted by molar-refractivity contribution is -0.0762. The Balaban J connectivity index is 1.34. The average molecular weight is 409 g/mol. The minimum absolute atomic E-state index is 0.115. The summed E-state index contributed by atoms with van der Waals surface area (Å²) in [7, 11) is 0. The SMILES string of the molecule is O=C(O)c1cccc(CN2CCC(OC(c3ccccc3)C3CCCCC3)CC2)n1. The number of carbonyl (C=O) groups is 1. The van der Waals surface area contributed by atoms with E-state index in [4.69, 9.17) is 9.84 Å². The van der Waals surface area contributed by atoms with Crippen LogP contribution in [-0.4, -0.2) is 40.2 Å². The molecule has 0 spiro atoms. The summed E-state index contributed by atoms with van der Waals surface area (Å²) in [6, 6.07) is 16.0. The van der Waals surface area contributed by atoms with Gasteiger partial charge in [0.1, 0.15) is 5.69 Å². The highest BCUT2D eigenvalue weighted by Crippen LogP contribution is 2.38. The summed E-state index contributed by atoms with van der Waals surface area (Å²) in [4.78, 5) is 17.8. The molecule has 2 aromatic rings. The maximum absolute atomic E-state index is 11.1. The minimum Gasteiger partial charge on any atom is -0.477 e. The van der Waals surface area contributed by atoms with Crippen molar-refractivity contribution in [1.29, 1.82) is 0 Å². The van der Waals surface area contributed by atoms with Gasteiger partial charge in [0.25, 0.3) is 0 Å². The summed E-state index contributed by atoms with van der Waals surface area (Å²) in [6.07, 6.45) is 9.03. The van der Waals surface area contributed by atoms with Gasteiger partial charge < -0.3 is 9.84 Å². The topological polar surface area (TPSA) is 62.7 Å². The van der Waals surface area contributed by atoms with Gasteiger partial charge in [0.2, 0.25) is 0 Å². The second-order valence-electron chi connectivity index (χ2n) is 8.66. The molecule has 0 radical (unpaired) electrons. The Morgan fingerprint density at radius 1 is 1.00 bits per heavy atom. The smallest absolute Gasteiger partial charge is 0.354 e. The summed E-state index contributed by atoms with van der Waals surface area (Å²) in [5, 5.41) is 9.14. The molecule has 160 valence electrons. The van der Waals surface area contributed by atoms with Crippen molar-refractivity contribution in [2.45, 2.75) is 63.7 Å². The Labute approximate surface area is 179 Å². The molecule has 1 aromatic carbocycles. The van der Waals surface area contributed by atoms with Gasteiger partial charge in [-0.25, -0.2) is 9.78 Å². The largest absolute Gasteiger partial charge is 0.477 e. The number of carboxylic acid groups (broad SMARTS) is 1. The first-order valence-electron chi connectivity index (χ1n) is 11.3. The van der Waals surface area contributed by atoms with Crippen molar-refractivity contribution >= 4 is 5.97 Å². The van der Waals surface area contributed by atoms with Crippen LogP contribution in [0.1, 0.15) is 72.8 Å². The van der Waals surface area contributed by atoms with Gasteiger partial charge >= 0.3 is 5.97 Å². The quantitative estimate of drug-likeness (QED) is 0.692. The Kier molecular flexibility index (Phi) is 7.13. The van der Waals surface area contributed by atoms with E-state index >= 15 is 0 Å². The number of hydrogen-bond acceptors (Lipinski definition) is 4. The maximum Gasteiger partial charge on any atom is 0.354 e. The van der Waals surface area contributed by atoms with Crippen molar-refractivity contribution in [3.05, 3.63) is 65.5 Å². The number of likely N-dealkylation sites (tertiary alicyclic amines) is 1. The number of benzene rings is 1. The molecule has 2 fully saturated rings. The molecule has 4 rings (SSSR count). The second kappa shape index (κ2) is 10.2. The molecule has 1 aliphatic carbocycles. The van der Waals surface area contributed by atoms with E-state index in [0.29, 0.717) is 12.5 Å². The lowest BCUT2D eigenvalue weighted by Gasteiger charge is -2.37. The van der Waals surface area contributed by atoms with Crippen molar-refractivity contribution in [1.82, 2.24) is 9.88 Å². The monoisotopic (exact) mass is 408 g/mol. The van der Waals surface area contributed by atoms with Crippen LogP contribution in [0.3, 0.4) is 0 Å². The molecule has 0 bridgehead atoms. The van der Waals surface area contributed by atoms with Crippen molar-refractivity contribution in [2.24, 2.45) is 5.92 Å². The Morgan fingerprint density at radius 2 is 1.73 bits per heavy atom. The van der Waals surface area contributed by atoms with Crippen molar-refractivity contribution < 1.29 is 14.6 Å². The highest BCUT2D eigenvalue weighted by molar-refractivity contribution is 5.85. The molecule has 1 saturated heterocycles. The number of nitrogens with zero attached hydrogens (tertiary/aromatic N) is 2. The number of hydrogen-bond donors (Lipinski definition) is 1. The van der Waals surface area contributed by atoms with Gasteiger partial charge in [-0.1, -0.05) is 55.7 Å². The van der Waals surface area contributed by atoms with E-state index in [9.17, 15) is 4.79 Å². The molecular formula is C25H32N2O3. The van der Waals surface area contributed by atoms with Crippen LogP contribution >= 0.6 is 0 Å². The Hall–Kier alpha value is -2.24. The highest BCUT2D eigenvalue weighted by atomic mass is 16.5. The summed E-state index contributed by atoms with van der Waals surface area (Å²) >= 11 is 0. The van der Waals surface area contributed by atoms with Crippen molar-refractivity contribution in [2.75, 3.05) is 13.1 Å². The standard InChI is InChI=1S/C25H32N2O3/c28-25(29)23-13-7-12-21(26-23)18-27-16-14-22(15-17-27)30-24(19-8-3-1-4-9-19)20-10-5-2-6-11-20/h1,3-4,7-9,12-13,20,22,24H,2,5-6,10-11,14-18H2,(H,28,29). The van der Waals surface area contributed by atoms with Crippen LogP contribution in [0.2, 0.25) is 0 Å². The van der Waals surface area contributed by atoms with Gasteiger partial charge in [-0.3, -0.25) is 4.90 Å². The van der Waals surface area contributed by atoms with Crippen LogP contribution in [0.4, 0.5) is 0 Å². The van der Waals surface area contributed by atoms with E-state index < -0.39 is 5.97 Å². The predicted octanol–water partition coefficient (Wildman–Crippen LogP) is 5.08. The normalized spacial score (nSPS) is 20.1. The van der Waals surface area contributed by atoms with E-state index in [2.05, 4.69) is 40.2 Å². The first kappa shape index (κ1) is 21.0. The third kappa shape index (κ3) is 5.46. The fourth-order valence-corrected chi connectivity index (χ4v) is 4.87. The van der Waals surface area contributed by atoms with Crippen molar-refractivity contribution in [3.63, 3.8) is 0 Å². The molecule has 0 amide bonds. The predicted molar refractivity (Wildman–Crippen MR) is 116 cm³/mol. The maximum atomic E-state index is 11.1. The first-order valence-corrected chi connectivity index (χ1v) is 11.3. The van der Waals surface area contributed by atoms with Gasteiger partial charge in [0, 0.05) is 19.6 Å². The highest BCUT2D eigenvalue weighted by Gasteiger charge is 2.30. The lowest BCUT2D eigenvalue weighted by Crippen LogP contribution is -2.38. The summed E-state index contributed by atoms with van der Waals surface area (Å²) < 4.78 is 6.75. The zero-order valence-corrected chi connectivity index (χ0v) is 17.6. The molecular weight excluding hydrogens is 376 g/mol. The lowest BCUT2D eigenvalue weighted by atomic mass is 9.82. The average Bonchev–Trinajstić information content (AvgIpc) is 2.80. The summed E-state index contributed by atoms with van der Waals surface area (Å²) in [5.74, 6) is -0.347. The van der Waals surface area contributed by atoms with Crippen LogP contribution < -0.4 is 0 Å². The minimum atomic E-state index is -0.973. The third-order valence-electron chi connectivity index (χ3n) is 6.49. The summed E-state index contributed by atoms with van der Waals surface area (Å²) in [6.45, 7) is 2.60. The molecule has 1 atom stereocenters. The molecule has 5 nitrogen and oxygen atoms in total. The number of pyridine rings is 1. The Bertz CT molecular complexity index is 812. The molecule has 1 aromatic heterocycles. The van der Waals surface area contributed by atoms with Crippen LogP contribution in [-0.2, 0) is 11.3 Å². The molecule has 1 unspecified atom stereocenters. The van der Waals surface area contributed by atoms with Crippen molar-refractivity contribution in [3.8, 4) is 0 Å². The van der Waals surface area contributed by atoms with E-state index in [0.717, 1.165) is 31.6 Å². The number of rotatable bonds is 7. The van der Waals surface area contributed by atoms with Gasteiger partial charge in [-0.05, 0) is 49.3 Å². The van der Waals surface area contributed by atoms with Crippen LogP contribution in [0, 0.1) is 5.92 Å². The number of aromatic nitrogens is 1. The van der Waals surface area contributed by atoms with E-state index in [1.54, 1.807) is 12.1 Å². The number of ether oxygens (including phenoxy) is 1. The molecule has 30 heavy (non-hydrogen) atoms. The molecule has 2 heterocycles. The van der Waals surface area contributed by atoms with Crippen LogP contribution in [0.5, 0.6) is 0 Å². The van der Waals surface area contributed by atoms with Gasteiger partial charge in [0.15, 0.2) is 0 Å². The molecule has 1 N–H and O–H groups in total. The third-order valence-corrected chi connectivity index (χ3v) is 6.49. The fraction of sp³-hybridized carbons (Fsp3) is 0.520. The summed E-state index contributed by atoms with van der Waals surface area (Å²) in [5.41, 5.74) is 2.25. The number of aromatic carboxylic acids is 1. The zero-order valence-electron chi connectivity index (χ0n) is 17.6. The fourth-order valence-electron chi connectivity index (χ4n) is 4.87. The number of piperidine rings is 1.